The number of ether oxygens (including phenoxy) is 1. The average Bonchev–Trinajstić information content (AvgIpc) is 2.50. The molecule has 1 fully saturated rings. The standard InChI is InChI=1S/C17H27N3O2.ClH/c1-3-22-16-7-5-4-6-15(16)19-17(21)12-20-10-8-14(9-11-20)13(2)18;/h4-7,13-14H,3,8-12,18H2,1-2H3,(H,19,21);1H. The normalized spacial score (nSPS) is 17.2. The minimum Gasteiger partial charge on any atom is -0.492 e. The molecule has 5 nitrogen and oxygen atoms in total. The number of nitrogens with two attached hydrogens (primary N) is 1. The predicted octanol–water partition coefficient (Wildman–Crippen LogP) is 2.50. The van der Waals surface area contributed by atoms with Crippen molar-refractivity contribution in [3.05, 3.63) is 24.3 Å². The molecular formula is C17H28ClN3O2. The Bertz CT molecular complexity index is 488. The Morgan fingerprint density at radius 3 is 2.65 bits per heavy atom. The zero-order valence-electron chi connectivity index (χ0n) is 14.0. The lowest BCUT2D eigenvalue weighted by Crippen LogP contribution is -2.42. The van der Waals surface area contributed by atoms with Crippen LogP contribution in [0.25, 0.3) is 0 Å². The topological polar surface area (TPSA) is 67.6 Å². The number of benzene rings is 1. The molecule has 1 unspecified atom stereocenters. The second-order valence-corrected chi connectivity index (χ2v) is 5.95. The van der Waals surface area contributed by atoms with E-state index in [1.54, 1.807) is 0 Å². The zero-order chi connectivity index (χ0) is 15.9. The van der Waals surface area contributed by atoms with Gasteiger partial charge in [-0.05, 0) is 57.8 Å². The summed E-state index contributed by atoms with van der Waals surface area (Å²) >= 11 is 0. The first kappa shape index (κ1) is 19.7. The Kier molecular flexibility index (Phi) is 8.37. The van der Waals surface area contributed by atoms with Crippen molar-refractivity contribution >= 4 is 24.0 Å². The average molecular weight is 342 g/mol. The summed E-state index contributed by atoms with van der Waals surface area (Å²) in [6.45, 7) is 6.88. The molecule has 3 N–H and O–H groups in total. The minimum atomic E-state index is 0. The first-order valence-electron chi connectivity index (χ1n) is 8.09. The van der Waals surface area contributed by atoms with Crippen LogP contribution < -0.4 is 15.8 Å². The second kappa shape index (κ2) is 9.75. The van der Waals surface area contributed by atoms with Crippen LogP contribution in [0.3, 0.4) is 0 Å². The molecule has 1 amide bonds. The number of nitrogens with one attached hydrogen (secondary N) is 1. The summed E-state index contributed by atoms with van der Waals surface area (Å²) in [6, 6.07) is 7.78. The van der Waals surface area contributed by atoms with Crippen LogP contribution >= 0.6 is 12.4 Å². The quantitative estimate of drug-likeness (QED) is 0.834. The van der Waals surface area contributed by atoms with Gasteiger partial charge in [0.05, 0.1) is 18.8 Å². The van der Waals surface area contributed by atoms with E-state index < -0.39 is 0 Å². The van der Waals surface area contributed by atoms with E-state index in [0.29, 0.717) is 24.8 Å². The van der Waals surface area contributed by atoms with Gasteiger partial charge < -0.3 is 15.8 Å². The minimum absolute atomic E-state index is 0. The highest BCUT2D eigenvalue weighted by molar-refractivity contribution is 5.93. The first-order valence-corrected chi connectivity index (χ1v) is 8.09. The number of hydrogen-bond donors (Lipinski definition) is 2. The Labute approximate surface area is 145 Å². The van der Waals surface area contributed by atoms with E-state index in [1.165, 1.54) is 0 Å². The molecule has 1 heterocycles. The van der Waals surface area contributed by atoms with Crippen molar-refractivity contribution in [3.8, 4) is 5.75 Å². The molecule has 6 heteroatoms. The fourth-order valence-corrected chi connectivity index (χ4v) is 2.88. The third-order valence-electron chi connectivity index (χ3n) is 4.20. The molecule has 1 atom stereocenters. The van der Waals surface area contributed by atoms with Crippen LogP contribution in [0.1, 0.15) is 26.7 Å². The number of anilines is 1. The van der Waals surface area contributed by atoms with Gasteiger partial charge in [-0.3, -0.25) is 9.69 Å². The predicted molar refractivity (Wildman–Crippen MR) is 96.3 cm³/mol. The molecule has 0 aliphatic carbocycles. The molecule has 0 bridgehead atoms. The number of carbonyl (C=O) groups is 1. The van der Waals surface area contributed by atoms with Crippen LogP contribution in [-0.2, 0) is 4.79 Å². The Morgan fingerprint density at radius 1 is 1.39 bits per heavy atom. The fourth-order valence-electron chi connectivity index (χ4n) is 2.88. The van der Waals surface area contributed by atoms with Crippen molar-refractivity contribution in [1.82, 2.24) is 4.90 Å². The maximum absolute atomic E-state index is 12.2. The van der Waals surface area contributed by atoms with Crippen molar-refractivity contribution in [3.63, 3.8) is 0 Å². The number of amides is 1. The van der Waals surface area contributed by atoms with Crippen molar-refractivity contribution in [1.29, 1.82) is 0 Å². The highest BCUT2D eigenvalue weighted by atomic mass is 35.5. The summed E-state index contributed by atoms with van der Waals surface area (Å²) in [5.41, 5.74) is 6.69. The molecule has 23 heavy (non-hydrogen) atoms. The van der Waals surface area contributed by atoms with Gasteiger partial charge in [-0.2, -0.15) is 0 Å². The monoisotopic (exact) mass is 341 g/mol. The number of nitrogens with zero attached hydrogens (tertiary/aromatic N) is 1. The highest BCUT2D eigenvalue weighted by Gasteiger charge is 2.23. The molecule has 130 valence electrons. The molecule has 0 saturated carbocycles. The molecule has 0 aromatic heterocycles. The molecular weight excluding hydrogens is 314 g/mol. The molecule has 1 aliphatic rings. The van der Waals surface area contributed by atoms with Gasteiger partial charge >= 0.3 is 0 Å². The number of hydrogen-bond acceptors (Lipinski definition) is 4. The van der Waals surface area contributed by atoms with Gasteiger partial charge in [0.2, 0.25) is 5.91 Å². The van der Waals surface area contributed by atoms with Gasteiger partial charge in [0.25, 0.3) is 0 Å². The molecule has 1 aromatic rings. The zero-order valence-corrected chi connectivity index (χ0v) is 14.8. The van der Waals surface area contributed by atoms with Crippen molar-refractivity contribution in [2.45, 2.75) is 32.7 Å². The van der Waals surface area contributed by atoms with Gasteiger partial charge in [0.1, 0.15) is 5.75 Å². The van der Waals surface area contributed by atoms with Crippen LogP contribution in [0.2, 0.25) is 0 Å². The highest BCUT2D eigenvalue weighted by Crippen LogP contribution is 2.24. The molecule has 0 radical (unpaired) electrons. The van der Waals surface area contributed by atoms with Crippen molar-refractivity contribution < 1.29 is 9.53 Å². The van der Waals surface area contributed by atoms with E-state index in [4.69, 9.17) is 10.5 Å². The number of rotatable bonds is 6. The van der Waals surface area contributed by atoms with Gasteiger partial charge in [0.15, 0.2) is 0 Å². The number of halogens is 1. The van der Waals surface area contributed by atoms with E-state index in [1.807, 2.05) is 31.2 Å². The van der Waals surface area contributed by atoms with E-state index in [9.17, 15) is 4.79 Å². The number of piperidine rings is 1. The maximum atomic E-state index is 12.2. The maximum Gasteiger partial charge on any atom is 0.238 e. The first-order chi connectivity index (χ1) is 10.6. The van der Waals surface area contributed by atoms with Crippen LogP contribution in [0.15, 0.2) is 24.3 Å². The molecule has 0 spiro atoms. The van der Waals surface area contributed by atoms with Crippen molar-refractivity contribution in [2.75, 3.05) is 31.6 Å². The van der Waals surface area contributed by atoms with Gasteiger partial charge in [0, 0.05) is 6.04 Å². The molecule has 1 aromatic carbocycles. The van der Waals surface area contributed by atoms with E-state index in [2.05, 4.69) is 17.1 Å². The second-order valence-electron chi connectivity index (χ2n) is 5.95. The van der Waals surface area contributed by atoms with Crippen LogP contribution in [0.5, 0.6) is 5.75 Å². The summed E-state index contributed by atoms with van der Waals surface area (Å²) in [4.78, 5) is 14.4. The number of carbonyl (C=O) groups excluding carboxylic acids is 1. The van der Waals surface area contributed by atoms with Crippen molar-refractivity contribution in [2.24, 2.45) is 11.7 Å². The largest absolute Gasteiger partial charge is 0.492 e. The molecule has 2 rings (SSSR count). The summed E-state index contributed by atoms with van der Waals surface area (Å²) in [6.07, 6.45) is 2.14. The van der Waals surface area contributed by atoms with E-state index >= 15 is 0 Å². The Hall–Kier alpha value is -1.30. The van der Waals surface area contributed by atoms with E-state index in [0.717, 1.165) is 31.6 Å². The SMILES string of the molecule is CCOc1ccccc1NC(=O)CN1CCC(C(C)N)CC1.Cl. The molecule has 1 saturated heterocycles. The van der Waals surface area contributed by atoms with Crippen LogP contribution in [0, 0.1) is 5.92 Å². The fraction of sp³-hybridized carbons (Fsp3) is 0.588. The third-order valence-corrected chi connectivity index (χ3v) is 4.20. The van der Waals surface area contributed by atoms with Crippen LogP contribution in [0.4, 0.5) is 5.69 Å². The molecule has 1 aliphatic heterocycles. The lowest BCUT2D eigenvalue weighted by atomic mass is 9.91. The summed E-state index contributed by atoms with van der Waals surface area (Å²) in [7, 11) is 0. The summed E-state index contributed by atoms with van der Waals surface area (Å²) in [5, 5.41) is 2.95. The Morgan fingerprint density at radius 2 is 2.04 bits per heavy atom. The lowest BCUT2D eigenvalue weighted by Gasteiger charge is -2.33. The number of para-hydroxylation sites is 2. The summed E-state index contributed by atoms with van der Waals surface area (Å²) < 4.78 is 5.53. The van der Waals surface area contributed by atoms with Gasteiger partial charge in [-0.15, -0.1) is 12.4 Å². The van der Waals surface area contributed by atoms with E-state index in [-0.39, 0.29) is 24.4 Å². The summed E-state index contributed by atoms with van der Waals surface area (Å²) in [5.74, 6) is 1.30. The number of likely N-dealkylation sites (tertiary alicyclic amines) is 1. The third kappa shape index (κ3) is 6.01. The van der Waals surface area contributed by atoms with Crippen LogP contribution in [-0.4, -0.2) is 43.1 Å². The lowest BCUT2D eigenvalue weighted by molar-refractivity contribution is -0.117. The van der Waals surface area contributed by atoms with Gasteiger partial charge in [-0.1, -0.05) is 12.1 Å². The Balaban J connectivity index is 0.00000264. The smallest absolute Gasteiger partial charge is 0.238 e. The van der Waals surface area contributed by atoms with Gasteiger partial charge in [-0.25, -0.2) is 0 Å².